The highest BCUT2D eigenvalue weighted by Gasteiger charge is 2.27. The number of nitrogens with zero attached hydrogens (tertiary/aromatic N) is 2. The van der Waals surface area contributed by atoms with Gasteiger partial charge in [0.25, 0.3) is 15.9 Å². The normalized spacial score (nSPS) is 11.6. The number of sulfonamides is 1. The molecule has 3 aromatic carbocycles. The Morgan fingerprint density at radius 1 is 0.946 bits per heavy atom. The predicted molar refractivity (Wildman–Crippen MR) is 147 cm³/mol. The quantitative estimate of drug-likeness (QED) is 0.190. The van der Waals surface area contributed by atoms with Crippen molar-refractivity contribution in [3.8, 4) is 11.3 Å². The number of aryl methyl sites for hydroxylation is 1. The average Bonchev–Trinajstić information content (AvgIpc) is 3.32. The molecule has 0 fully saturated rings. The molecule has 0 aliphatic carbocycles. The highest BCUT2D eigenvalue weighted by Crippen LogP contribution is 2.31. The maximum Gasteiger partial charge on any atom is 0.264 e. The van der Waals surface area contributed by atoms with E-state index in [1.165, 1.54) is 30.5 Å². The van der Waals surface area contributed by atoms with Crippen molar-refractivity contribution in [1.82, 2.24) is 5.43 Å². The van der Waals surface area contributed by atoms with Crippen LogP contribution >= 0.6 is 34.8 Å². The van der Waals surface area contributed by atoms with E-state index in [1.807, 2.05) is 6.92 Å². The van der Waals surface area contributed by atoms with Crippen molar-refractivity contribution in [2.24, 2.45) is 5.10 Å². The SMILES string of the molecule is Cc1ccc(S(=O)(=O)N(CC(=O)N/N=C\c2ccc(-c3ccc(Cl)cc3Cl)o2)c2ccc(Cl)cc2)cc1. The van der Waals surface area contributed by atoms with Crippen LogP contribution in [0.5, 0.6) is 0 Å². The third-order valence-electron chi connectivity index (χ3n) is 5.22. The van der Waals surface area contributed by atoms with E-state index in [0.29, 0.717) is 32.2 Å². The van der Waals surface area contributed by atoms with Crippen LogP contribution in [0.2, 0.25) is 15.1 Å². The van der Waals surface area contributed by atoms with Gasteiger partial charge in [-0.15, -0.1) is 0 Å². The van der Waals surface area contributed by atoms with E-state index in [0.717, 1.165) is 9.87 Å². The lowest BCUT2D eigenvalue weighted by molar-refractivity contribution is -0.119. The highest BCUT2D eigenvalue weighted by molar-refractivity contribution is 7.92. The Morgan fingerprint density at radius 2 is 1.62 bits per heavy atom. The molecule has 7 nitrogen and oxygen atoms in total. The molecular weight excluding hydrogens is 557 g/mol. The Hall–Kier alpha value is -3.30. The maximum absolute atomic E-state index is 13.4. The number of rotatable bonds is 8. The van der Waals surface area contributed by atoms with Crippen LogP contribution in [0.4, 0.5) is 5.69 Å². The first-order valence-corrected chi connectivity index (χ1v) is 13.4. The summed E-state index contributed by atoms with van der Waals surface area (Å²) in [5.74, 6) is 0.185. The number of furan rings is 1. The largest absolute Gasteiger partial charge is 0.455 e. The van der Waals surface area contributed by atoms with Crippen LogP contribution < -0.4 is 9.73 Å². The summed E-state index contributed by atoms with van der Waals surface area (Å²) in [6, 6.07) is 20.9. The zero-order valence-electron chi connectivity index (χ0n) is 19.4. The highest BCUT2D eigenvalue weighted by atomic mass is 35.5. The van der Waals surface area contributed by atoms with E-state index in [2.05, 4.69) is 10.5 Å². The first-order chi connectivity index (χ1) is 17.6. The van der Waals surface area contributed by atoms with Gasteiger partial charge in [0.15, 0.2) is 0 Å². The third kappa shape index (κ3) is 6.53. The molecule has 1 amide bonds. The van der Waals surface area contributed by atoms with Gasteiger partial charge >= 0.3 is 0 Å². The molecule has 4 aromatic rings. The van der Waals surface area contributed by atoms with Crippen LogP contribution in [0.15, 0.2) is 93.3 Å². The van der Waals surface area contributed by atoms with Gasteiger partial charge in [-0.1, -0.05) is 52.5 Å². The number of benzene rings is 3. The summed E-state index contributed by atoms with van der Waals surface area (Å²) in [5.41, 5.74) is 4.17. The Morgan fingerprint density at radius 3 is 2.30 bits per heavy atom. The smallest absolute Gasteiger partial charge is 0.264 e. The Balaban J connectivity index is 1.50. The standard InChI is InChI=1S/C26H20Cl3N3O4S/c1-17-2-10-22(11-3-17)37(34,35)32(20-7-4-18(27)5-8-20)16-26(33)31-30-15-21-9-13-25(36-21)23-12-6-19(28)14-24(23)29/h2-15H,16H2,1H3,(H,31,33)/b30-15-. The summed E-state index contributed by atoms with van der Waals surface area (Å²) >= 11 is 18.1. The van der Waals surface area contributed by atoms with Crippen molar-refractivity contribution in [1.29, 1.82) is 0 Å². The molecule has 0 spiro atoms. The molecule has 0 saturated carbocycles. The van der Waals surface area contributed by atoms with Gasteiger partial charge in [0.2, 0.25) is 0 Å². The van der Waals surface area contributed by atoms with E-state index in [9.17, 15) is 13.2 Å². The van der Waals surface area contributed by atoms with E-state index >= 15 is 0 Å². The van der Waals surface area contributed by atoms with Crippen LogP contribution in [0.3, 0.4) is 0 Å². The number of nitrogens with one attached hydrogen (secondary N) is 1. The first-order valence-electron chi connectivity index (χ1n) is 10.9. The monoisotopic (exact) mass is 575 g/mol. The van der Waals surface area contributed by atoms with Crippen LogP contribution in [0.1, 0.15) is 11.3 Å². The number of hydrogen-bond acceptors (Lipinski definition) is 5. The molecule has 11 heteroatoms. The van der Waals surface area contributed by atoms with E-state index in [1.54, 1.807) is 54.6 Å². The molecule has 1 heterocycles. The van der Waals surface area contributed by atoms with Crippen LogP contribution in [0, 0.1) is 6.92 Å². The summed E-state index contributed by atoms with van der Waals surface area (Å²) in [5, 5.41) is 5.26. The lowest BCUT2D eigenvalue weighted by Gasteiger charge is -2.23. The Bertz CT molecular complexity index is 1550. The molecular formula is C26H20Cl3N3O4S. The summed E-state index contributed by atoms with van der Waals surface area (Å²) in [6.07, 6.45) is 1.30. The number of carbonyl (C=O) groups excluding carboxylic acids is 1. The average molecular weight is 577 g/mol. The molecule has 190 valence electrons. The second-order valence-corrected chi connectivity index (χ2v) is 11.1. The number of amides is 1. The summed E-state index contributed by atoms with van der Waals surface area (Å²) in [7, 11) is -4.05. The minimum atomic E-state index is -4.05. The van der Waals surface area contributed by atoms with Crippen molar-refractivity contribution >= 4 is 62.6 Å². The maximum atomic E-state index is 13.4. The zero-order chi connectivity index (χ0) is 26.6. The molecule has 0 saturated heterocycles. The van der Waals surface area contributed by atoms with E-state index < -0.39 is 22.5 Å². The van der Waals surface area contributed by atoms with E-state index in [4.69, 9.17) is 39.2 Å². The Labute approximate surface area is 229 Å². The number of halogens is 3. The number of anilines is 1. The summed E-state index contributed by atoms with van der Waals surface area (Å²) in [6.45, 7) is 1.34. The third-order valence-corrected chi connectivity index (χ3v) is 7.80. The minimum Gasteiger partial charge on any atom is -0.455 e. The van der Waals surface area contributed by atoms with Gasteiger partial charge in [0.1, 0.15) is 18.1 Å². The molecule has 0 aliphatic rings. The minimum absolute atomic E-state index is 0.0494. The fourth-order valence-electron chi connectivity index (χ4n) is 3.35. The van der Waals surface area contributed by atoms with Gasteiger partial charge in [0, 0.05) is 15.6 Å². The van der Waals surface area contributed by atoms with Gasteiger partial charge in [-0.2, -0.15) is 5.10 Å². The molecule has 37 heavy (non-hydrogen) atoms. The van der Waals surface area contributed by atoms with Gasteiger partial charge in [-0.25, -0.2) is 13.8 Å². The summed E-state index contributed by atoms with van der Waals surface area (Å²) in [4.78, 5) is 12.8. The van der Waals surface area contributed by atoms with Gasteiger partial charge < -0.3 is 4.42 Å². The molecule has 0 atom stereocenters. The fraction of sp³-hybridized carbons (Fsp3) is 0.0769. The van der Waals surface area contributed by atoms with Crippen LogP contribution in [0.25, 0.3) is 11.3 Å². The second-order valence-electron chi connectivity index (χ2n) is 7.92. The lowest BCUT2D eigenvalue weighted by atomic mass is 10.2. The van der Waals surface area contributed by atoms with Crippen molar-refractivity contribution in [3.05, 3.63) is 105 Å². The molecule has 1 aromatic heterocycles. The van der Waals surface area contributed by atoms with E-state index in [-0.39, 0.29) is 10.6 Å². The summed E-state index contributed by atoms with van der Waals surface area (Å²) < 4.78 is 33.5. The molecule has 0 aliphatic heterocycles. The van der Waals surface area contributed by atoms with Gasteiger partial charge in [-0.3, -0.25) is 9.10 Å². The molecule has 4 rings (SSSR count). The predicted octanol–water partition coefficient (Wildman–Crippen LogP) is 6.56. The molecule has 0 radical (unpaired) electrons. The zero-order valence-corrected chi connectivity index (χ0v) is 22.4. The Kier molecular flexibility index (Phi) is 8.24. The molecule has 0 unspecified atom stereocenters. The fourth-order valence-corrected chi connectivity index (χ4v) is 5.40. The molecule has 0 bridgehead atoms. The number of carbonyl (C=O) groups is 1. The van der Waals surface area contributed by atoms with Crippen molar-refractivity contribution in [2.75, 3.05) is 10.8 Å². The first kappa shape index (κ1) is 26.8. The van der Waals surface area contributed by atoms with Crippen LogP contribution in [-0.4, -0.2) is 27.1 Å². The number of hydrogen-bond donors (Lipinski definition) is 1. The van der Waals surface area contributed by atoms with Gasteiger partial charge in [-0.05, 0) is 73.7 Å². The van der Waals surface area contributed by atoms with Crippen LogP contribution in [-0.2, 0) is 14.8 Å². The lowest BCUT2D eigenvalue weighted by Crippen LogP contribution is -2.39. The van der Waals surface area contributed by atoms with Gasteiger partial charge in [0.05, 0.1) is 21.8 Å². The van der Waals surface area contributed by atoms with Crippen molar-refractivity contribution in [2.45, 2.75) is 11.8 Å². The number of hydrazone groups is 1. The van der Waals surface area contributed by atoms with Crippen molar-refractivity contribution < 1.29 is 17.6 Å². The molecule has 1 N–H and O–H groups in total. The van der Waals surface area contributed by atoms with Crippen molar-refractivity contribution in [3.63, 3.8) is 0 Å². The second kappa shape index (κ2) is 11.4. The topological polar surface area (TPSA) is 92.0 Å².